The lowest BCUT2D eigenvalue weighted by atomic mass is 9.95. The predicted octanol–water partition coefficient (Wildman–Crippen LogP) is 2.77. The van der Waals surface area contributed by atoms with Crippen LogP contribution in [-0.4, -0.2) is 25.8 Å². The van der Waals surface area contributed by atoms with Crippen LogP contribution in [0.25, 0.3) is 0 Å². The average molecular weight is 265 g/mol. The lowest BCUT2D eigenvalue weighted by Crippen LogP contribution is -2.21. The normalized spacial score (nSPS) is 27.1. The average Bonchev–Trinajstić information content (AvgIpc) is 2.91. The minimum Gasteiger partial charge on any atom is -0.481 e. The summed E-state index contributed by atoms with van der Waals surface area (Å²) in [6.45, 7) is 8.23. The third kappa shape index (κ3) is 2.51. The Labute approximate surface area is 114 Å². The summed E-state index contributed by atoms with van der Waals surface area (Å²) >= 11 is 0. The van der Waals surface area contributed by atoms with Crippen LogP contribution in [0.5, 0.6) is 0 Å². The van der Waals surface area contributed by atoms with E-state index in [0.29, 0.717) is 5.92 Å². The van der Waals surface area contributed by atoms with E-state index < -0.39 is 5.97 Å². The summed E-state index contributed by atoms with van der Waals surface area (Å²) < 4.78 is 2.08. The molecule has 0 bridgehead atoms. The molecule has 0 saturated heterocycles. The number of aliphatic carboxylic acids is 1. The van der Waals surface area contributed by atoms with E-state index in [4.69, 9.17) is 0 Å². The summed E-state index contributed by atoms with van der Waals surface area (Å²) in [5.74, 6) is 1.21. The van der Waals surface area contributed by atoms with Crippen LogP contribution >= 0.6 is 0 Å². The van der Waals surface area contributed by atoms with Crippen molar-refractivity contribution < 1.29 is 9.90 Å². The Morgan fingerprint density at radius 1 is 1.42 bits per heavy atom. The molecule has 3 unspecified atom stereocenters. The van der Waals surface area contributed by atoms with E-state index in [1.165, 1.54) is 0 Å². The van der Waals surface area contributed by atoms with Gasteiger partial charge in [0.2, 0.25) is 0 Å². The molecular weight excluding hydrogens is 242 g/mol. The smallest absolute Gasteiger partial charge is 0.307 e. The molecule has 1 N–H and O–H groups in total. The number of aromatic nitrogens is 3. The lowest BCUT2D eigenvalue weighted by molar-refractivity contribution is -0.142. The number of rotatable bonds is 4. The molecule has 1 aromatic rings. The van der Waals surface area contributed by atoms with Crippen molar-refractivity contribution in [3.8, 4) is 0 Å². The lowest BCUT2D eigenvalue weighted by Gasteiger charge is -2.19. The molecule has 1 saturated carbocycles. The van der Waals surface area contributed by atoms with Gasteiger partial charge in [0.25, 0.3) is 0 Å². The molecule has 3 atom stereocenters. The van der Waals surface area contributed by atoms with E-state index in [0.717, 1.165) is 30.9 Å². The third-order valence-corrected chi connectivity index (χ3v) is 4.30. The highest BCUT2D eigenvalue weighted by Crippen LogP contribution is 2.44. The number of carboxylic acid groups (broad SMARTS) is 1. The second kappa shape index (κ2) is 5.31. The van der Waals surface area contributed by atoms with Crippen LogP contribution in [0.4, 0.5) is 0 Å². The highest BCUT2D eigenvalue weighted by molar-refractivity contribution is 5.71. The van der Waals surface area contributed by atoms with Crippen LogP contribution in [0.2, 0.25) is 0 Å². The zero-order valence-electron chi connectivity index (χ0n) is 12.1. The molecule has 1 aliphatic rings. The standard InChI is InChI=1S/C14H23N3O2/c1-5-10-6-11(12(7-10)14(18)19)13-16-15-9(4)17(13)8(2)3/h8,10-12H,5-7H2,1-4H3,(H,18,19). The van der Waals surface area contributed by atoms with Crippen LogP contribution in [0.15, 0.2) is 0 Å². The van der Waals surface area contributed by atoms with Crippen LogP contribution < -0.4 is 0 Å². The van der Waals surface area contributed by atoms with Crippen molar-refractivity contribution in [3.63, 3.8) is 0 Å². The number of hydrogen-bond acceptors (Lipinski definition) is 3. The van der Waals surface area contributed by atoms with Crippen molar-refractivity contribution in [1.29, 1.82) is 0 Å². The van der Waals surface area contributed by atoms with Gasteiger partial charge < -0.3 is 9.67 Å². The third-order valence-electron chi connectivity index (χ3n) is 4.30. The first-order chi connectivity index (χ1) is 8.95. The molecule has 1 aliphatic carbocycles. The fourth-order valence-electron chi connectivity index (χ4n) is 3.31. The van der Waals surface area contributed by atoms with E-state index in [-0.39, 0.29) is 17.9 Å². The Kier molecular flexibility index (Phi) is 3.92. The van der Waals surface area contributed by atoms with Gasteiger partial charge in [0.1, 0.15) is 11.6 Å². The van der Waals surface area contributed by atoms with E-state index >= 15 is 0 Å². The monoisotopic (exact) mass is 265 g/mol. The number of carbonyl (C=O) groups is 1. The summed E-state index contributed by atoms with van der Waals surface area (Å²) in [5.41, 5.74) is 0. The molecule has 1 aromatic heterocycles. The zero-order valence-corrected chi connectivity index (χ0v) is 12.1. The Balaban J connectivity index is 2.37. The van der Waals surface area contributed by atoms with Gasteiger partial charge in [0, 0.05) is 12.0 Å². The molecule has 2 rings (SSSR count). The Morgan fingerprint density at radius 3 is 2.63 bits per heavy atom. The maximum atomic E-state index is 11.5. The number of nitrogens with zero attached hydrogens (tertiary/aromatic N) is 3. The predicted molar refractivity (Wildman–Crippen MR) is 72.0 cm³/mol. The topological polar surface area (TPSA) is 68.0 Å². The number of aryl methyl sites for hydroxylation is 1. The van der Waals surface area contributed by atoms with Gasteiger partial charge in [-0.3, -0.25) is 4.79 Å². The Morgan fingerprint density at radius 2 is 2.11 bits per heavy atom. The molecule has 19 heavy (non-hydrogen) atoms. The first-order valence-corrected chi connectivity index (χ1v) is 7.09. The molecule has 1 fully saturated rings. The van der Waals surface area contributed by atoms with E-state index in [2.05, 4.69) is 35.5 Å². The molecule has 0 spiro atoms. The molecule has 0 aromatic carbocycles. The number of hydrogen-bond donors (Lipinski definition) is 1. The van der Waals surface area contributed by atoms with E-state index in [9.17, 15) is 9.90 Å². The fourth-order valence-corrected chi connectivity index (χ4v) is 3.31. The van der Waals surface area contributed by atoms with Gasteiger partial charge in [-0.2, -0.15) is 0 Å². The molecule has 0 amide bonds. The molecule has 5 heteroatoms. The first-order valence-electron chi connectivity index (χ1n) is 7.09. The minimum atomic E-state index is -0.697. The minimum absolute atomic E-state index is 0.00560. The van der Waals surface area contributed by atoms with Crippen molar-refractivity contribution >= 4 is 5.97 Å². The van der Waals surface area contributed by atoms with Crippen molar-refractivity contribution in [2.75, 3.05) is 0 Å². The van der Waals surface area contributed by atoms with Crippen molar-refractivity contribution in [2.45, 2.75) is 58.9 Å². The maximum absolute atomic E-state index is 11.5. The SMILES string of the molecule is CCC1CC(C(=O)O)C(c2nnc(C)n2C(C)C)C1. The van der Waals surface area contributed by atoms with Crippen molar-refractivity contribution in [3.05, 3.63) is 11.6 Å². The van der Waals surface area contributed by atoms with Crippen molar-refractivity contribution in [1.82, 2.24) is 14.8 Å². The van der Waals surface area contributed by atoms with Crippen LogP contribution in [0, 0.1) is 18.8 Å². The van der Waals surface area contributed by atoms with Crippen LogP contribution in [0.1, 0.15) is 63.6 Å². The summed E-state index contributed by atoms with van der Waals surface area (Å²) in [6, 6.07) is 0.264. The second-order valence-electron chi connectivity index (χ2n) is 5.87. The molecule has 106 valence electrons. The first kappa shape index (κ1) is 14.0. The van der Waals surface area contributed by atoms with Crippen LogP contribution in [-0.2, 0) is 4.79 Å². The molecule has 0 aliphatic heterocycles. The van der Waals surface area contributed by atoms with Gasteiger partial charge in [0.05, 0.1) is 5.92 Å². The molecule has 1 heterocycles. The fraction of sp³-hybridized carbons (Fsp3) is 0.786. The van der Waals surface area contributed by atoms with Gasteiger partial charge in [-0.05, 0) is 39.5 Å². The highest BCUT2D eigenvalue weighted by Gasteiger charge is 2.41. The summed E-state index contributed by atoms with van der Waals surface area (Å²) in [7, 11) is 0. The van der Waals surface area contributed by atoms with Crippen LogP contribution in [0.3, 0.4) is 0 Å². The van der Waals surface area contributed by atoms with E-state index in [1.54, 1.807) is 0 Å². The second-order valence-corrected chi connectivity index (χ2v) is 5.87. The Hall–Kier alpha value is -1.39. The van der Waals surface area contributed by atoms with Crippen molar-refractivity contribution in [2.24, 2.45) is 11.8 Å². The number of carboxylic acids is 1. The zero-order chi connectivity index (χ0) is 14.2. The van der Waals surface area contributed by atoms with Gasteiger partial charge in [-0.25, -0.2) is 0 Å². The summed E-state index contributed by atoms with van der Waals surface area (Å²) in [4.78, 5) is 11.5. The van der Waals surface area contributed by atoms with Gasteiger partial charge in [0.15, 0.2) is 0 Å². The molecular formula is C14H23N3O2. The molecule has 0 radical (unpaired) electrons. The largest absolute Gasteiger partial charge is 0.481 e. The summed E-state index contributed by atoms with van der Waals surface area (Å²) in [6.07, 6.45) is 2.72. The van der Waals surface area contributed by atoms with Gasteiger partial charge in [-0.15, -0.1) is 10.2 Å². The van der Waals surface area contributed by atoms with Gasteiger partial charge >= 0.3 is 5.97 Å². The highest BCUT2D eigenvalue weighted by atomic mass is 16.4. The van der Waals surface area contributed by atoms with Gasteiger partial charge in [-0.1, -0.05) is 13.3 Å². The Bertz CT molecular complexity index is 467. The maximum Gasteiger partial charge on any atom is 0.307 e. The summed E-state index contributed by atoms with van der Waals surface area (Å²) in [5, 5.41) is 17.9. The van der Waals surface area contributed by atoms with E-state index in [1.807, 2.05) is 6.92 Å². The quantitative estimate of drug-likeness (QED) is 0.909. The molecule has 5 nitrogen and oxygen atoms in total.